The molecule has 0 bridgehead atoms. The van der Waals surface area contributed by atoms with Crippen LogP contribution in [0.3, 0.4) is 0 Å². The molecule has 15 heavy (non-hydrogen) atoms. The molecule has 0 radical (unpaired) electrons. The molecule has 1 unspecified atom stereocenters. The van der Waals surface area contributed by atoms with Crippen LogP contribution in [0.2, 0.25) is 0 Å². The van der Waals surface area contributed by atoms with E-state index in [1.54, 1.807) is 6.92 Å². The molecule has 1 rings (SSSR count). The number of ether oxygens (including phenoxy) is 1. The molecule has 0 aromatic rings. The molecule has 1 fully saturated rings. The number of hydrogen-bond donors (Lipinski definition) is 0. The maximum atomic E-state index is 11.6. The van der Waals surface area contributed by atoms with Gasteiger partial charge in [-0.15, -0.1) is 0 Å². The smallest absolute Gasteiger partial charge is 0.305 e. The van der Waals surface area contributed by atoms with Crippen LogP contribution in [0.15, 0.2) is 0 Å². The molecule has 1 atom stereocenters. The molecule has 0 saturated heterocycles. The lowest BCUT2D eigenvalue weighted by Crippen LogP contribution is -2.27. The van der Waals surface area contributed by atoms with E-state index in [1.807, 2.05) is 0 Å². The summed E-state index contributed by atoms with van der Waals surface area (Å²) in [6.45, 7) is 2.18. The summed E-state index contributed by atoms with van der Waals surface area (Å²) >= 11 is 4.97. The van der Waals surface area contributed by atoms with Gasteiger partial charge >= 0.3 is 5.97 Å². The summed E-state index contributed by atoms with van der Waals surface area (Å²) in [7, 11) is 0. The molecule has 1 saturated carbocycles. The molecule has 3 nitrogen and oxygen atoms in total. The highest BCUT2D eigenvalue weighted by molar-refractivity contribution is 7.82. The number of carbonyl (C=O) groups is 2. The van der Waals surface area contributed by atoms with Crippen molar-refractivity contribution in [1.29, 1.82) is 0 Å². The van der Waals surface area contributed by atoms with E-state index in [0.29, 0.717) is 24.3 Å². The number of Topliss-reactive ketones (excluding diaryl/α,β-unsaturated/α-hetero) is 1. The van der Waals surface area contributed by atoms with Gasteiger partial charge in [0.05, 0.1) is 11.5 Å². The van der Waals surface area contributed by atoms with Gasteiger partial charge in [0.1, 0.15) is 0 Å². The Labute approximate surface area is 95.2 Å². The fourth-order valence-electron chi connectivity index (χ4n) is 1.79. The van der Waals surface area contributed by atoms with Crippen LogP contribution in [0.5, 0.6) is 0 Å². The Morgan fingerprint density at radius 1 is 1.60 bits per heavy atom. The van der Waals surface area contributed by atoms with Crippen molar-refractivity contribution in [3.05, 3.63) is 0 Å². The Balaban J connectivity index is 2.34. The quantitative estimate of drug-likeness (QED) is 0.546. The molecule has 0 spiro atoms. The van der Waals surface area contributed by atoms with Crippen molar-refractivity contribution in [1.82, 2.24) is 0 Å². The molecule has 0 aliphatic heterocycles. The monoisotopic (exact) mass is 228 g/mol. The zero-order valence-electron chi connectivity index (χ0n) is 8.95. The molecule has 0 amide bonds. The highest BCUT2D eigenvalue weighted by Gasteiger charge is 2.26. The number of hydrogen-bond acceptors (Lipinski definition) is 4. The third-order valence-electron chi connectivity index (χ3n) is 2.60. The molecule has 0 aromatic heterocycles. The molecule has 1 aliphatic carbocycles. The van der Waals surface area contributed by atoms with Crippen molar-refractivity contribution in [2.45, 2.75) is 39.0 Å². The Morgan fingerprint density at radius 3 is 3.00 bits per heavy atom. The van der Waals surface area contributed by atoms with Crippen molar-refractivity contribution >= 4 is 28.8 Å². The van der Waals surface area contributed by atoms with Crippen LogP contribution in [0.4, 0.5) is 0 Å². The van der Waals surface area contributed by atoms with Crippen LogP contribution in [0.1, 0.15) is 39.0 Å². The minimum Gasteiger partial charge on any atom is -0.466 e. The highest BCUT2D eigenvalue weighted by Crippen LogP contribution is 2.23. The van der Waals surface area contributed by atoms with Gasteiger partial charge in [-0.25, -0.2) is 0 Å². The van der Waals surface area contributed by atoms with E-state index in [0.717, 1.165) is 19.3 Å². The minimum absolute atomic E-state index is 0.0457. The first-order valence-corrected chi connectivity index (χ1v) is 5.78. The van der Waals surface area contributed by atoms with Gasteiger partial charge in [-0.1, -0.05) is 12.2 Å². The summed E-state index contributed by atoms with van der Waals surface area (Å²) in [6.07, 6.45) is 3.48. The van der Waals surface area contributed by atoms with Gasteiger partial charge in [0, 0.05) is 12.3 Å². The lowest BCUT2D eigenvalue weighted by Gasteiger charge is -2.20. The zero-order chi connectivity index (χ0) is 11.3. The fourth-order valence-corrected chi connectivity index (χ4v) is 2.10. The predicted octanol–water partition coefficient (Wildman–Crippen LogP) is 2.07. The number of thiocarbonyl (C=S) groups is 1. The van der Waals surface area contributed by atoms with Gasteiger partial charge in [-0.05, 0) is 32.6 Å². The van der Waals surface area contributed by atoms with Crippen molar-refractivity contribution < 1.29 is 14.3 Å². The van der Waals surface area contributed by atoms with Crippen molar-refractivity contribution in [2.24, 2.45) is 5.92 Å². The van der Waals surface area contributed by atoms with Crippen molar-refractivity contribution in [2.75, 3.05) is 6.61 Å². The summed E-state index contributed by atoms with van der Waals surface area (Å²) in [4.78, 5) is 23.3. The first-order chi connectivity index (χ1) is 7.15. The molecular formula is C11H16O3S. The summed E-state index contributed by atoms with van der Waals surface area (Å²) in [6, 6.07) is 0. The Bertz CT molecular complexity index is 273. The van der Waals surface area contributed by atoms with Crippen molar-refractivity contribution in [3.8, 4) is 0 Å². The topological polar surface area (TPSA) is 43.4 Å². The van der Waals surface area contributed by atoms with Crippen LogP contribution in [0, 0.1) is 5.92 Å². The van der Waals surface area contributed by atoms with E-state index in [2.05, 4.69) is 0 Å². The van der Waals surface area contributed by atoms with Crippen LogP contribution in [0.25, 0.3) is 0 Å². The lowest BCUT2D eigenvalue weighted by atomic mass is 9.85. The largest absolute Gasteiger partial charge is 0.466 e. The highest BCUT2D eigenvalue weighted by atomic mass is 32.1. The van der Waals surface area contributed by atoms with Crippen LogP contribution >= 0.6 is 12.2 Å². The number of carbonyl (C=O) groups excluding carboxylic acids is 2. The van der Waals surface area contributed by atoms with Crippen LogP contribution in [-0.4, -0.2) is 23.2 Å². The number of esters is 1. The average Bonchev–Trinajstić information content (AvgIpc) is 2.21. The zero-order valence-corrected chi connectivity index (χ0v) is 9.77. The van der Waals surface area contributed by atoms with E-state index < -0.39 is 0 Å². The van der Waals surface area contributed by atoms with E-state index in [4.69, 9.17) is 17.0 Å². The maximum Gasteiger partial charge on any atom is 0.305 e. The van der Waals surface area contributed by atoms with E-state index in [9.17, 15) is 9.59 Å². The molecule has 4 heteroatoms. The SMILES string of the molecule is CCOC(=O)CCC1CCCC(=S)C1=O. The molecule has 84 valence electrons. The second-order valence-corrected chi connectivity index (χ2v) is 4.21. The summed E-state index contributed by atoms with van der Waals surface area (Å²) < 4.78 is 4.81. The first-order valence-electron chi connectivity index (χ1n) is 5.37. The number of rotatable bonds is 4. The second kappa shape index (κ2) is 5.95. The third-order valence-corrected chi connectivity index (χ3v) is 3.01. The summed E-state index contributed by atoms with van der Waals surface area (Å²) in [5, 5.41) is 0. The van der Waals surface area contributed by atoms with Gasteiger partial charge in [-0.2, -0.15) is 0 Å². The molecule has 1 aliphatic rings. The summed E-state index contributed by atoms with van der Waals surface area (Å²) in [5.41, 5.74) is 0. The van der Waals surface area contributed by atoms with E-state index in [-0.39, 0.29) is 17.7 Å². The Morgan fingerprint density at radius 2 is 2.33 bits per heavy atom. The first kappa shape index (κ1) is 12.3. The lowest BCUT2D eigenvalue weighted by molar-refractivity contribution is -0.143. The van der Waals surface area contributed by atoms with Crippen LogP contribution < -0.4 is 0 Å². The van der Waals surface area contributed by atoms with Crippen LogP contribution in [-0.2, 0) is 14.3 Å². The molecular weight excluding hydrogens is 212 g/mol. The number of ketones is 1. The van der Waals surface area contributed by atoms with Gasteiger partial charge in [0.25, 0.3) is 0 Å². The van der Waals surface area contributed by atoms with Gasteiger partial charge in [-0.3, -0.25) is 9.59 Å². The molecule has 0 heterocycles. The minimum atomic E-state index is -0.221. The Kier molecular flexibility index (Phi) is 4.88. The third kappa shape index (κ3) is 3.70. The predicted molar refractivity (Wildman–Crippen MR) is 60.8 cm³/mol. The van der Waals surface area contributed by atoms with Gasteiger partial charge in [0.2, 0.25) is 0 Å². The van der Waals surface area contributed by atoms with Gasteiger partial charge in [0.15, 0.2) is 5.78 Å². The fraction of sp³-hybridized carbons (Fsp3) is 0.727. The van der Waals surface area contributed by atoms with E-state index >= 15 is 0 Å². The van der Waals surface area contributed by atoms with Gasteiger partial charge < -0.3 is 4.74 Å². The molecule has 0 N–H and O–H groups in total. The maximum absolute atomic E-state index is 11.6. The van der Waals surface area contributed by atoms with Crippen molar-refractivity contribution in [3.63, 3.8) is 0 Å². The second-order valence-electron chi connectivity index (χ2n) is 3.72. The summed E-state index contributed by atoms with van der Waals surface area (Å²) in [5.74, 6) is -0.196. The normalized spacial score (nSPS) is 21.5. The van der Waals surface area contributed by atoms with E-state index in [1.165, 1.54) is 0 Å². The average molecular weight is 228 g/mol. The molecule has 0 aromatic carbocycles. The Hall–Kier alpha value is -0.770. The standard InChI is InChI=1S/C11H16O3S/c1-2-14-10(12)7-6-8-4-3-5-9(15)11(8)13/h8H,2-7H2,1H3.